The maximum Gasteiger partial charge on any atom is 0.283 e. The van der Waals surface area contributed by atoms with Gasteiger partial charge in [-0.05, 0) is 35.2 Å². The summed E-state index contributed by atoms with van der Waals surface area (Å²) in [5, 5.41) is 6.72. The fourth-order valence-corrected chi connectivity index (χ4v) is 4.48. The molecule has 1 atom stereocenters. The number of nitrogens with zero attached hydrogens (tertiary/aromatic N) is 2. The molecule has 2 heterocycles. The van der Waals surface area contributed by atoms with Gasteiger partial charge in [0.15, 0.2) is 9.84 Å². The molecule has 0 spiro atoms. The molecule has 0 bridgehead atoms. The predicted octanol–water partition coefficient (Wildman–Crippen LogP) is 1.40. The highest BCUT2D eigenvalue weighted by molar-refractivity contribution is 9.10. The number of rotatable bonds is 5. The summed E-state index contributed by atoms with van der Waals surface area (Å²) in [6.45, 7) is 2.85. The van der Waals surface area contributed by atoms with Crippen molar-refractivity contribution in [2.24, 2.45) is 0 Å². The van der Waals surface area contributed by atoms with E-state index in [1.165, 1.54) is 4.68 Å². The van der Waals surface area contributed by atoms with Gasteiger partial charge in [-0.1, -0.05) is 6.92 Å². The maximum absolute atomic E-state index is 12.0. The zero-order valence-corrected chi connectivity index (χ0v) is 13.7. The van der Waals surface area contributed by atoms with Crippen molar-refractivity contribution in [3.63, 3.8) is 0 Å². The van der Waals surface area contributed by atoms with Gasteiger partial charge in [-0.25, -0.2) is 13.1 Å². The summed E-state index contributed by atoms with van der Waals surface area (Å²) in [5.74, 6) is 0.261. The molecule has 0 aromatic carbocycles. The first kappa shape index (κ1) is 15.5. The van der Waals surface area contributed by atoms with Crippen molar-refractivity contribution in [3.05, 3.63) is 21.0 Å². The standard InChI is InChI=1S/C12H18BrN3O3S/c1-2-5-16-12(17)11(13)10(8-15-16)14-7-9-4-3-6-20(9,18)19/h8-9,14H,2-7H2,1H3. The van der Waals surface area contributed by atoms with E-state index in [1.807, 2.05) is 6.92 Å². The number of aryl methyl sites for hydroxylation is 1. The van der Waals surface area contributed by atoms with Crippen molar-refractivity contribution in [2.45, 2.75) is 38.0 Å². The predicted molar refractivity (Wildman–Crippen MR) is 81.8 cm³/mol. The van der Waals surface area contributed by atoms with Crippen molar-refractivity contribution in [1.29, 1.82) is 0 Å². The van der Waals surface area contributed by atoms with Crippen LogP contribution < -0.4 is 10.9 Å². The zero-order chi connectivity index (χ0) is 14.8. The van der Waals surface area contributed by atoms with Gasteiger partial charge in [0, 0.05) is 13.1 Å². The minimum atomic E-state index is -2.98. The summed E-state index contributed by atoms with van der Waals surface area (Å²) in [5.41, 5.74) is 0.343. The second-order valence-electron chi connectivity index (χ2n) is 4.91. The first-order chi connectivity index (χ1) is 9.45. The molecule has 1 aliphatic rings. The minimum absolute atomic E-state index is 0.203. The molecule has 0 amide bonds. The van der Waals surface area contributed by atoms with Gasteiger partial charge in [0.25, 0.3) is 5.56 Å². The first-order valence-corrected chi connectivity index (χ1v) is 9.17. The highest BCUT2D eigenvalue weighted by atomic mass is 79.9. The van der Waals surface area contributed by atoms with Crippen molar-refractivity contribution in [2.75, 3.05) is 17.6 Å². The van der Waals surface area contributed by atoms with Crippen molar-refractivity contribution in [3.8, 4) is 0 Å². The van der Waals surface area contributed by atoms with Gasteiger partial charge >= 0.3 is 0 Å². The van der Waals surface area contributed by atoms with Gasteiger partial charge in [0.1, 0.15) is 4.47 Å². The number of hydrogen-bond donors (Lipinski definition) is 1. The lowest BCUT2D eigenvalue weighted by Gasteiger charge is -2.13. The van der Waals surface area contributed by atoms with E-state index in [1.54, 1.807) is 6.20 Å². The van der Waals surface area contributed by atoms with Gasteiger partial charge in [0.05, 0.1) is 22.9 Å². The van der Waals surface area contributed by atoms with Gasteiger partial charge in [-0.15, -0.1) is 0 Å². The average Bonchev–Trinajstić information content (AvgIpc) is 2.73. The monoisotopic (exact) mass is 363 g/mol. The van der Waals surface area contributed by atoms with Crippen molar-refractivity contribution in [1.82, 2.24) is 9.78 Å². The molecule has 0 saturated carbocycles. The Morgan fingerprint density at radius 3 is 2.90 bits per heavy atom. The zero-order valence-electron chi connectivity index (χ0n) is 11.3. The molecule has 1 fully saturated rings. The normalized spacial score (nSPS) is 21.0. The number of aromatic nitrogens is 2. The van der Waals surface area contributed by atoms with Gasteiger partial charge in [-0.3, -0.25) is 4.79 Å². The summed E-state index contributed by atoms with van der Waals surface area (Å²) >= 11 is 3.25. The molecule has 112 valence electrons. The SMILES string of the molecule is CCCn1ncc(NCC2CCCS2(=O)=O)c(Br)c1=O. The first-order valence-electron chi connectivity index (χ1n) is 6.66. The van der Waals surface area contributed by atoms with E-state index < -0.39 is 9.84 Å². The largest absolute Gasteiger partial charge is 0.381 e. The Hall–Kier alpha value is -0.890. The summed E-state index contributed by atoms with van der Waals surface area (Å²) in [7, 11) is -2.98. The number of nitrogens with one attached hydrogen (secondary N) is 1. The lowest BCUT2D eigenvalue weighted by Crippen LogP contribution is -2.28. The van der Waals surface area contributed by atoms with Crippen LogP contribution in [0.4, 0.5) is 5.69 Å². The highest BCUT2D eigenvalue weighted by Gasteiger charge is 2.31. The van der Waals surface area contributed by atoms with Crippen LogP contribution in [0, 0.1) is 0 Å². The van der Waals surface area contributed by atoms with Crippen LogP contribution >= 0.6 is 15.9 Å². The lowest BCUT2D eigenvalue weighted by molar-refractivity contribution is 0.565. The fraction of sp³-hybridized carbons (Fsp3) is 0.667. The second kappa shape index (κ2) is 6.26. The van der Waals surface area contributed by atoms with Crippen molar-refractivity contribution < 1.29 is 8.42 Å². The Labute approximate surface area is 126 Å². The number of sulfone groups is 1. The van der Waals surface area contributed by atoms with Crippen LogP contribution in [0.1, 0.15) is 26.2 Å². The molecule has 0 radical (unpaired) electrons. The van der Waals surface area contributed by atoms with E-state index in [-0.39, 0.29) is 16.6 Å². The Morgan fingerprint density at radius 1 is 1.55 bits per heavy atom. The Kier molecular flexibility index (Phi) is 4.85. The molecular weight excluding hydrogens is 346 g/mol. The van der Waals surface area contributed by atoms with Crippen LogP contribution in [0.2, 0.25) is 0 Å². The van der Waals surface area contributed by atoms with E-state index in [4.69, 9.17) is 0 Å². The molecule has 1 saturated heterocycles. The second-order valence-corrected chi connectivity index (χ2v) is 8.11. The van der Waals surface area contributed by atoms with E-state index >= 15 is 0 Å². The third-order valence-electron chi connectivity index (χ3n) is 3.40. The molecule has 0 aliphatic carbocycles. The molecule has 1 aromatic rings. The lowest BCUT2D eigenvalue weighted by atomic mass is 10.2. The highest BCUT2D eigenvalue weighted by Crippen LogP contribution is 2.22. The average molecular weight is 364 g/mol. The molecule has 20 heavy (non-hydrogen) atoms. The smallest absolute Gasteiger partial charge is 0.283 e. The maximum atomic E-state index is 12.0. The molecule has 2 rings (SSSR count). The molecule has 8 heteroatoms. The molecular formula is C12H18BrN3O3S. The minimum Gasteiger partial charge on any atom is -0.381 e. The number of halogens is 1. The van der Waals surface area contributed by atoms with E-state index in [9.17, 15) is 13.2 Å². The molecule has 1 aromatic heterocycles. The van der Waals surface area contributed by atoms with Crippen LogP contribution in [-0.2, 0) is 16.4 Å². The third kappa shape index (κ3) is 3.22. The Morgan fingerprint density at radius 2 is 2.30 bits per heavy atom. The summed E-state index contributed by atoms with van der Waals surface area (Å²) in [4.78, 5) is 12.0. The summed E-state index contributed by atoms with van der Waals surface area (Å²) in [6, 6.07) is 0. The van der Waals surface area contributed by atoms with Gasteiger partial charge in [-0.2, -0.15) is 5.10 Å². The van der Waals surface area contributed by atoms with Crippen LogP contribution in [0.5, 0.6) is 0 Å². The van der Waals surface area contributed by atoms with Crippen LogP contribution in [0.15, 0.2) is 15.5 Å². The molecule has 6 nitrogen and oxygen atoms in total. The Bertz CT molecular complexity index is 642. The molecule has 1 unspecified atom stereocenters. The fourth-order valence-electron chi connectivity index (χ4n) is 2.27. The van der Waals surface area contributed by atoms with Crippen molar-refractivity contribution >= 4 is 31.5 Å². The summed E-state index contributed by atoms with van der Waals surface area (Å²) < 4.78 is 25.3. The number of hydrogen-bond acceptors (Lipinski definition) is 5. The third-order valence-corrected chi connectivity index (χ3v) is 6.45. The Balaban J connectivity index is 2.11. The van der Waals surface area contributed by atoms with E-state index in [0.717, 1.165) is 6.42 Å². The van der Waals surface area contributed by atoms with E-state index in [0.29, 0.717) is 36.1 Å². The van der Waals surface area contributed by atoms with Gasteiger partial charge in [0.2, 0.25) is 0 Å². The molecule has 1 aliphatic heterocycles. The van der Waals surface area contributed by atoms with Crippen LogP contribution in [-0.4, -0.2) is 35.7 Å². The summed E-state index contributed by atoms with van der Waals surface area (Å²) in [6.07, 6.45) is 3.77. The quantitative estimate of drug-likeness (QED) is 0.854. The number of anilines is 1. The topological polar surface area (TPSA) is 81.1 Å². The van der Waals surface area contributed by atoms with Gasteiger partial charge < -0.3 is 5.32 Å². The van der Waals surface area contributed by atoms with Crippen LogP contribution in [0.25, 0.3) is 0 Å². The van der Waals surface area contributed by atoms with E-state index in [2.05, 4.69) is 26.3 Å². The van der Waals surface area contributed by atoms with Crippen LogP contribution in [0.3, 0.4) is 0 Å². The molecule has 1 N–H and O–H groups in total.